The maximum atomic E-state index is 12.8. The molecule has 1 unspecified atom stereocenters. The van der Waals surface area contributed by atoms with Crippen LogP contribution in [0, 0.1) is 5.92 Å². The standard InChI is InChI=1S/C25H37N5O2.HI/c1-2-26-25(27-16-23(31)29-14-12-19-8-6-7-11-21(19)17-29)28-22-13-15-30(18-22)24(32)20-9-4-3-5-10-20;/h6-8,11,20,22H,2-5,9-10,12-18H2,1H3,(H2,26,27,28);1H. The molecule has 1 aliphatic carbocycles. The Balaban J connectivity index is 0.00000306. The van der Waals surface area contributed by atoms with E-state index in [4.69, 9.17) is 0 Å². The summed E-state index contributed by atoms with van der Waals surface area (Å²) < 4.78 is 0. The summed E-state index contributed by atoms with van der Waals surface area (Å²) >= 11 is 0. The molecule has 182 valence electrons. The Morgan fingerprint density at radius 3 is 2.55 bits per heavy atom. The number of hydrogen-bond acceptors (Lipinski definition) is 3. The minimum absolute atomic E-state index is 0. The van der Waals surface area contributed by atoms with Crippen LogP contribution in [0.4, 0.5) is 0 Å². The number of aliphatic imine (C=N–C) groups is 1. The van der Waals surface area contributed by atoms with E-state index in [2.05, 4.69) is 33.8 Å². The van der Waals surface area contributed by atoms with E-state index in [1.54, 1.807) is 0 Å². The first-order valence-corrected chi connectivity index (χ1v) is 12.3. The minimum atomic E-state index is 0. The summed E-state index contributed by atoms with van der Waals surface area (Å²) in [6, 6.07) is 8.51. The molecule has 1 aromatic rings. The van der Waals surface area contributed by atoms with Crippen molar-refractivity contribution < 1.29 is 9.59 Å². The first-order chi connectivity index (χ1) is 15.6. The summed E-state index contributed by atoms with van der Waals surface area (Å²) in [5, 5.41) is 6.71. The summed E-state index contributed by atoms with van der Waals surface area (Å²) in [7, 11) is 0. The third-order valence-electron chi connectivity index (χ3n) is 7.00. The number of nitrogens with zero attached hydrogens (tertiary/aromatic N) is 3. The molecular formula is C25H38IN5O2. The van der Waals surface area contributed by atoms with Crippen molar-refractivity contribution in [1.29, 1.82) is 0 Å². The monoisotopic (exact) mass is 567 g/mol. The first-order valence-electron chi connectivity index (χ1n) is 12.3. The zero-order chi connectivity index (χ0) is 22.3. The lowest BCUT2D eigenvalue weighted by Gasteiger charge is -2.28. The molecule has 1 atom stereocenters. The van der Waals surface area contributed by atoms with Gasteiger partial charge in [0.1, 0.15) is 6.54 Å². The van der Waals surface area contributed by atoms with Gasteiger partial charge in [-0.1, -0.05) is 43.5 Å². The fourth-order valence-electron chi connectivity index (χ4n) is 5.15. The number of fused-ring (bicyclic) bond motifs is 1. The Morgan fingerprint density at radius 1 is 1.03 bits per heavy atom. The van der Waals surface area contributed by atoms with Crippen LogP contribution < -0.4 is 10.6 Å². The number of halogens is 1. The molecule has 2 aliphatic heterocycles. The highest BCUT2D eigenvalue weighted by molar-refractivity contribution is 14.0. The second-order valence-corrected chi connectivity index (χ2v) is 9.28. The van der Waals surface area contributed by atoms with E-state index in [-0.39, 0.29) is 48.4 Å². The largest absolute Gasteiger partial charge is 0.357 e. The summed E-state index contributed by atoms with van der Waals surface area (Å²) in [6.45, 7) is 5.82. The van der Waals surface area contributed by atoms with Gasteiger partial charge in [-0.3, -0.25) is 9.59 Å². The van der Waals surface area contributed by atoms with Crippen molar-refractivity contribution in [2.75, 3.05) is 32.7 Å². The molecule has 4 rings (SSSR count). The molecule has 2 amide bonds. The van der Waals surface area contributed by atoms with Crippen LogP contribution in [-0.2, 0) is 22.6 Å². The second-order valence-electron chi connectivity index (χ2n) is 9.28. The van der Waals surface area contributed by atoms with Gasteiger partial charge in [-0.25, -0.2) is 4.99 Å². The lowest BCUT2D eigenvalue weighted by Crippen LogP contribution is -2.46. The smallest absolute Gasteiger partial charge is 0.244 e. The number of rotatable bonds is 5. The molecule has 7 nitrogen and oxygen atoms in total. The molecule has 8 heteroatoms. The van der Waals surface area contributed by atoms with Crippen molar-refractivity contribution in [2.45, 2.75) is 64.5 Å². The lowest BCUT2D eigenvalue weighted by molar-refractivity contribution is -0.135. The van der Waals surface area contributed by atoms with E-state index in [9.17, 15) is 9.59 Å². The van der Waals surface area contributed by atoms with Crippen LogP contribution >= 0.6 is 24.0 Å². The molecule has 3 aliphatic rings. The number of carbonyl (C=O) groups is 2. The van der Waals surface area contributed by atoms with Crippen molar-refractivity contribution in [3.8, 4) is 0 Å². The highest BCUT2D eigenvalue weighted by Crippen LogP contribution is 2.26. The average Bonchev–Trinajstić information content (AvgIpc) is 3.30. The number of benzene rings is 1. The SMILES string of the molecule is CCNC(=NCC(=O)N1CCc2ccccc2C1)NC1CCN(C(=O)C2CCCCC2)C1.I. The fraction of sp³-hybridized carbons (Fsp3) is 0.640. The van der Waals surface area contributed by atoms with Crippen molar-refractivity contribution in [3.63, 3.8) is 0 Å². The predicted molar refractivity (Wildman–Crippen MR) is 142 cm³/mol. The highest BCUT2D eigenvalue weighted by Gasteiger charge is 2.32. The molecule has 1 saturated carbocycles. The van der Waals surface area contributed by atoms with Gasteiger partial charge in [-0.2, -0.15) is 0 Å². The molecule has 1 aromatic carbocycles. The molecule has 2 fully saturated rings. The van der Waals surface area contributed by atoms with E-state index in [0.717, 1.165) is 51.9 Å². The Morgan fingerprint density at radius 2 is 1.79 bits per heavy atom. The molecule has 0 radical (unpaired) electrons. The Labute approximate surface area is 214 Å². The van der Waals surface area contributed by atoms with Crippen molar-refractivity contribution in [2.24, 2.45) is 10.9 Å². The summed E-state index contributed by atoms with van der Waals surface area (Å²) in [5.74, 6) is 1.26. The predicted octanol–water partition coefficient (Wildman–Crippen LogP) is 2.93. The van der Waals surface area contributed by atoms with Gasteiger partial charge in [0, 0.05) is 44.7 Å². The van der Waals surface area contributed by atoms with Gasteiger partial charge in [-0.05, 0) is 43.7 Å². The van der Waals surface area contributed by atoms with Gasteiger partial charge >= 0.3 is 0 Å². The maximum Gasteiger partial charge on any atom is 0.244 e. The van der Waals surface area contributed by atoms with Gasteiger partial charge in [-0.15, -0.1) is 24.0 Å². The van der Waals surface area contributed by atoms with Crippen molar-refractivity contribution >= 4 is 41.8 Å². The molecule has 33 heavy (non-hydrogen) atoms. The van der Waals surface area contributed by atoms with Gasteiger partial charge in [0.25, 0.3) is 0 Å². The third kappa shape index (κ3) is 6.83. The van der Waals surface area contributed by atoms with Crippen LogP contribution in [0.3, 0.4) is 0 Å². The van der Waals surface area contributed by atoms with E-state index in [0.29, 0.717) is 18.4 Å². The molecule has 0 aromatic heterocycles. The number of likely N-dealkylation sites (tertiary alicyclic amines) is 1. The maximum absolute atomic E-state index is 12.8. The molecule has 0 bridgehead atoms. The second kappa shape index (κ2) is 12.6. The van der Waals surface area contributed by atoms with Crippen LogP contribution in [0.2, 0.25) is 0 Å². The van der Waals surface area contributed by atoms with Crippen LogP contribution in [0.1, 0.15) is 56.6 Å². The summed E-state index contributed by atoms with van der Waals surface area (Å²) in [4.78, 5) is 34.1. The molecule has 1 saturated heterocycles. The Kier molecular flexibility index (Phi) is 9.82. The summed E-state index contributed by atoms with van der Waals surface area (Å²) in [6.07, 6.45) is 7.52. The van der Waals surface area contributed by atoms with E-state index in [1.807, 2.05) is 22.8 Å². The fourth-order valence-corrected chi connectivity index (χ4v) is 5.15. The van der Waals surface area contributed by atoms with Gasteiger partial charge in [0.15, 0.2) is 5.96 Å². The molecule has 0 spiro atoms. The van der Waals surface area contributed by atoms with Crippen molar-refractivity contribution in [3.05, 3.63) is 35.4 Å². The van der Waals surface area contributed by atoms with Crippen LogP contribution in [0.25, 0.3) is 0 Å². The van der Waals surface area contributed by atoms with Crippen LogP contribution in [0.5, 0.6) is 0 Å². The normalized spacial score (nSPS) is 21.2. The van der Waals surface area contributed by atoms with E-state index >= 15 is 0 Å². The van der Waals surface area contributed by atoms with E-state index < -0.39 is 0 Å². The minimum Gasteiger partial charge on any atom is -0.357 e. The van der Waals surface area contributed by atoms with Crippen LogP contribution in [0.15, 0.2) is 29.3 Å². The summed E-state index contributed by atoms with van der Waals surface area (Å²) in [5.41, 5.74) is 2.57. The Bertz CT molecular complexity index is 840. The number of amides is 2. The van der Waals surface area contributed by atoms with Gasteiger partial charge in [0.2, 0.25) is 11.8 Å². The number of nitrogens with one attached hydrogen (secondary N) is 2. The number of guanidine groups is 1. The highest BCUT2D eigenvalue weighted by atomic mass is 127. The third-order valence-corrected chi connectivity index (χ3v) is 7.00. The average molecular weight is 568 g/mol. The quantitative estimate of drug-likeness (QED) is 0.326. The zero-order valence-electron chi connectivity index (χ0n) is 19.7. The lowest BCUT2D eigenvalue weighted by atomic mass is 9.88. The molecule has 2 heterocycles. The Hall–Kier alpha value is -1.84. The molecular weight excluding hydrogens is 529 g/mol. The van der Waals surface area contributed by atoms with Crippen molar-refractivity contribution in [1.82, 2.24) is 20.4 Å². The topological polar surface area (TPSA) is 77.0 Å². The number of hydrogen-bond donors (Lipinski definition) is 2. The van der Waals surface area contributed by atoms with Gasteiger partial charge in [0.05, 0.1) is 0 Å². The zero-order valence-corrected chi connectivity index (χ0v) is 22.1. The first kappa shape index (κ1) is 25.8. The van der Waals surface area contributed by atoms with E-state index in [1.165, 1.54) is 30.4 Å². The van der Waals surface area contributed by atoms with Crippen LogP contribution in [-0.4, -0.2) is 66.3 Å². The molecule has 2 N–H and O–H groups in total. The van der Waals surface area contributed by atoms with Gasteiger partial charge < -0.3 is 20.4 Å². The number of carbonyl (C=O) groups excluding carboxylic acids is 2.